The molecule has 0 aliphatic carbocycles. The second-order valence-electron chi connectivity index (χ2n) is 6.64. The molecule has 1 atom stereocenters. The Kier molecular flexibility index (Phi) is 4.41. The van der Waals surface area contributed by atoms with Crippen LogP contribution in [0.3, 0.4) is 0 Å². The van der Waals surface area contributed by atoms with Crippen molar-refractivity contribution in [2.45, 2.75) is 32.4 Å². The summed E-state index contributed by atoms with van der Waals surface area (Å²) in [4.78, 5) is 2.27. The van der Waals surface area contributed by atoms with Crippen LogP contribution in [-0.2, 0) is 13.6 Å². The Morgan fingerprint density at radius 1 is 1.26 bits per heavy atom. The molecule has 1 aliphatic rings. The Bertz CT molecular complexity index is 663. The zero-order valence-corrected chi connectivity index (χ0v) is 14.1. The third-order valence-corrected chi connectivity index (χ3v) is 4.65. The lowest BCUT2D eigenvalue weighted by Gasteiger charge is -2.24. The highest BCUT2D eigenvalue weighted by atomic mass is 16.5. The van der Waals surface area contributed by atoms with E-state index in [1.54, 1.807) is 0 Å². The van der Waals surface area contributed by atoms with Gasteiger partial charge in [-0.1, -0.05) is 18.2 Å². The summed E-state index contributed by atoms with van der Waals surface area (Å²) in [5.74, 6) is 0.849. The Hall–Kier alpha value is -1.85. The summed E-state index contributed by atoms with van der Waals surface area (Å²) in [6, 6.07) is 7.92. The fraction of sp³-hybridized carbons (Fsp3) is 0.500. The SMILES string of the molecule is Cc1ccccc1OC[C@]1(O)CCN(Cc2c(C)cnn2C)C1. The highest BCUT2D eigenvalue weighted by Gasteiger charge is 2.37. The first-order valence-corrected chi connectivity index (χ1v) is 8.07. The van der Waals surface area contributed by atoms with Gasteiger partial charge >= 0.3 is 0 Å². The number of hydrogen-bond acceptors (Lipinski definition) is 4. The maximum absolute atomic E-state index is 10.8. The Balaban J connectivity index is 1.59. The summed E-state index contributed by atoms with van der Waals surface area (Å²) in [5.41, 5.74) is 2.71. The molecule has 0 radical (unpaired) electrons. The van der Waals surface area contributed by atoms with Gasteiger partial charge in [-0.2, -0.15) is 5.10 Å². The summed E-state index contributed by atoms with van der Waals surface area (Å²) >= 11 is 0. The quantitative estimate of drug-likeness (QED) is 0.917. The van der Waals surface area contributed by atoms with Crippen LogP contribution in [0.2, 0.25) is 0 Å². The molecule has 0 bridgehead atoms. The lowest BCUT2D eigenvalue weighted by atomic mass is 10.1. The van der Waals surface area contributed by atoms with E-state index >= 15 is 0 Å². The highest BCUT2D eigenvalue weighted by molar-refractivity contribution is 5.31. The summed E-state index contributed by atoms with van der Waals surface area (Å²) in [6.45, 7) is 6.74. The van der Waals surface area contributed by atoms with Crippen molar-refractivity contribution in [3.05, 3.63) is 47.3 Å². The predicted octanol–water partition coefficient (Wildman–Crippen LogP) is 2.05. The van der Waals surface area contributed by atoms with Gasteiger partial charge in [-0.25, -0.2) is 0 Å². The first kappa shape index (κ1) is 16.0. The minimum Gasteiger partial charge on any atom is -0.490 e. The van der Waals surface area contributed by atoms with E-state index in [-0.39, 0.29) is 0 Å². The smallest absolute Gasteiger partial charge is 0.122 e. The van der Waals surface area contributed by atoms with Crippen LogP contribution >= 0.6 is 0 Å². The third-order valence-electron chi connectivity index (χ3n) is 4.65. The van der Waals surface area contributed by atoms with Gasteiger partial charge in [0.1, 0.15) is 18.0 Å². The van der Waals surface area contributed by atoms with Crippen LogP contribution in [0.4, 0.5) is 0 Å². The first-order valence-electron chi connectivity index (χ1n) is 8.07. The molecule has 0 amide bonds. The molecular weight excluding hydrogens is 290 g/mol. The number of hydrogen-bond donors (Lipinski definition) is 1. The van der Waals surface area contributed by atoms with E-state index in [1.807, 2.05) is 49.1 Å². The number of likely N-dealkylation sites (tertiary alicyclic amines) is 1. The molecule has 1 fully saturated rings. The van der Waals surface area contributed by atoms with E-state index in [2.05, 4.69) is 16.9 Å². The number of ether oxygens (including phenoxy) is 1. The van der Waals surface area contributed by atoms with Crippen LogP contribution in [0.1, 0.15) is 23.2 Å². The maximum Gasteiger partial charge on any atom is 0.122 e. The van der Waals surface area contributed by atoms with Crippen LogP contribution < -0.4 is 4.74 Å². The molecule has 2 aromatic rings. The van der Waals surface area contributed by atoms with Crippen LogP contribution in [0.15, 0.2) is 30.5 Å². The van der Waals surface area contributed by atoms with Crippen LogP contribution in [0, 0.1) is 13.8 Å². The van der Waals surface area contributed by atoms with E-state index in [0.29, 0.717) is 13.2 Å². The molecule has 124 valence electrons. The summed E-state index contributed by atoms with van der Waals surface area (Å²) in [5, 5.41) is 15.1. The van der Waals surface area contributed by atoms with Gasteiger partial charge < -0.3 is 9.84 Å². The van der Waals surface area contributed by atoms with Gasteiger partial charge in [0.2, 0.25) is 0 Å². The monoisotopic (exact) mass is 315 g/mol. The molecule has 1 N–H and O–H groups in total. The average Bonchev–Trinajstić information content (AvgIpc) is 3.05. The second kappa shape index (κ2) is 6.34. The van der Waals surface area contributed by atoms with Gasteiger partial charge in [-0.05, 0) is 37.5 Å². The zero-order valence-electron chi connectivity index (χ0n) is 14.1. The topological polar surface area (TPSA) is 50.5 Å². The molecule has 0 saturated carbocycles. The number of aromatic nitrogens is 2. The van der Waals surface area contributed by atoms with Crippen LogP contribution in [0.5, 0.6) is 5.75 Å². The van der Waals surface area contributed by atoms with Crippen molar-refractivity contribution in [3.63, 3.8) is 0 Å². The summed E-state index contributed by atoms with van der Waals surface area (Å²) < 4.78 is 7.77. The van der Waals surface area contributed by atoms with Crippen molar-refractivity contribution in [3.8, 4) is 5.75 Å². The van der Waals surface area contributed by atoms with Crippen molar-refractivity contribution >= 4 is 0 Å². The molecule has 23 heavy (non-hydrogen) atoms. The minimum atomic E-state index is -0.783. The number of benzene rings is 1. The number of para-hydroxylation sites is 1. The van der Waals surface area contributed by atoms with E-state index < -0.39 is 5.60 Å². The lowest BCUT2D eigenvalue weighted by Crippen LogP contribution is -2.39. The van der Waals surface area contributed by atoms with Crippen molar-refractivity contribution in [2.75, 3.05) is 19.7 Å². The fourth-order valence-electron chi connectivity index (χ4n) is 3.14. The molecule has 0 spiro atoms. The number of aryl methyl sites for hydroxylation is 3. The molecule has 1 aromatic carbocycles. The molecule has 5 heteroatoms. The number of aliphatic hydroxyl groups is 1. The normalized spacial score (nSPS) is 21.7. The van der Waals surface area contributed by atoms with Gasteiger partial charge in [0.25, 0.3) is 0 Å². The number of rotatable bonds is 5. The number of β-amino-alcohol motifs (C(OH)–C–C–N with tert-alkyl or cyclic N) is 1. The molecule has 3 rings (SSSR count). The lowest BCUT2D eigenvalue weighted by molar-refractivity contribution is 0.00303. The Morgan fingerprint density at radius 2 is 2.04 bits per heavy atom. The first-order chi connectivity index (χ1) is 11.0. The van der Waals surface area contributed by atoms with Gasteiger partial charge in [0, 0.05) is 26.7 Å². The fourth-order valence-corrected chi connectivity index (χ4v) is 3.14. The standard InChI is InChI=1S/C18H25N3O2/c1-14-6-4-5-7-17(14)23-13-18(22)8-9-21(12-18)11-16-15(2)10-19-20(16)3/h4-7,10,22H,8-9,11-13H2,1-3H3/t18-/m0/s1. The summed E-state index contributed by atoms with van der Waals surface area (Å²) in [6.07, 6.45) is 2.62. The molecule has 1 saturated heterocycles. The average molecular weight is 315 g/mol. The molecule has 2 heterocycles. The largest absolute Gasteiger partial charge is 0.490 e. The van der Waals surface area contributed by atoms with E-state index in [9.17, 15) is 5.11 Å². The predicted molar refractivity (Wildman–Crippen MR) is 89.5 cm³/mol. The third kappa shape index (κ3) is 3.57. The maximum atomic E-state index is 10.8. The van der Waals surface area contributed by atoms with E-state index in [1.165, 1.54) is 11.3 Å². The molecule has 1 aromatic heterocycles. The van der Waals surface area contributed by atoms with E-state index in [4.69, 9.17) is 4.74 Å². The second-order valence-corrected chi connectivity index (χ2v) is 6.64. The highest BCUT2D eigenvalue weighted by Crippen LogP contribution is 2.26. The minimum absolute atomic E-state index is 0.332. The molecule has 1 aliphatic heterocycles. The van der Waals surface area contributed by atoms with Gasteiger partial charge in [0.05, 0.1) is 11.9 Å². The zero-order chi connectivity index (χ0) is 16.4. The van der Waals surface area contributed by atoms with Gasteiger partial charge in [-0.3, -0.25) is 9.58 Å². The molecular formula is C18H25N3O2. The molecule has 5 nitrogen and oxygen atoms in total. The van der Waals surface area contributed by atoms with Crippen LogP contribution in [-0.4, -0.2) is 45.1 Å². The van der Waals surface area contributed by atoms with Crippen molar-refractivity contribution in [1.29, 1.82) is 0 Å². The Labute approximate surface area is 137 Å². The van der Waals surface area contributed by atoms with Crippen molar-refractivity contribution < 1.29 is 9.84 Å². The Morgan fingerprint density at radius 3 is 2.74 bits per heavy atom. The molecule has 0 unspecified atom stereocenters. The van der Waals surface area contributed by atoms with Gasteiger partial charge in [0.15, 0.2) is 0 Å². The number of nitrogens with zero attached hydrogens (tertiary/aromatic N) is 3. The van der Waals surface area contributed by atoms with Crippen LogP contribution in [0.25, 0.3) is 0 Å². The van der Waals surface area contributed by atoms with Crippen molar-refractivity contribution in [1.82, 2.24) is 14.7 Å². The van der Waals surface area contributed by atoms with E-state index in [0.717, 1.165) is 30.8 Å². The van der Waals surface area contributed by atoms with Gasteiger partial charge in [-0.15, -0.1) is 0 Å². The summed E-state index contributed by atoms with van der Waals surface area (Å²) in [7, 11) is 1.96. The van der Waals surface area contributed by atoms with Crippen molar-refractivity contribution in [2.24, 2.45) is 7.05 Å².